The minimum Gasteiger partial charge on any atom is -0.365 e. The maximum atomic E-state index is 12.1. The third-order valence-electron chi connectivity index (χ3n) is 3.66. The smallest absolute Gasteiger partial charge is 0.325 e. The molecule has 0 spiro atoms. The Balaban J connectivity index is 2.73. The number of nitrogens with two attached hydrogens (primary N) is 1. The zero-order valence-electron chi connectivity index (χ0n) is 12.4. The fourth-order valence-corrected chi connectivity index (χ4v) is 3.89. The van der Waals surface area contributed by atoms with E-state index in [4.69, 9.17) is 5.73 Å². The van der Waals surface area contributed by atoms with Crippen molar-refractivity contribution < 1.29 is 14.1 Å². The van der Waals surface area contributed by atoms with Crippen LogP contribution in [-0.4, -0.2) is 64.5 Å². The molecule has 2 N–H and O–H groups in total. The summed E-state index contributed by atoms with van der Waals surface area (Å²) in [6.07, 6.45) is 0. The Hall–Kier alpha value is -0.590. The van der Waals surface area contributed by atoms with Gasteiger partial charge in [0.15, 0.2) is 6.54 Å². The quantitative estimate of drug-likeness (QED) is 0.698. The van der Waals surface area contributed by atoms with Crippen LogP contribution in [0.4, 0.5) is 0 Å². The molecule has 1 unspecified atom stereocenters. The summed E-state index contributed by atoms with van der Waals surface area (Å²) in [5.41, 5.74) is 5.32. The molecule has 110 valence electrons. The second-order valence-corrected chi connectivity index (χ2v) is 6.74. The Kier molecular flexibility index (Phi) is 5.82. The van der Waals surface area contributed by atoms with Crippen LogP contribution in [0.25, 0.3) is 0 Å². The van der Waals surface area contributed by atoms with Gasteiger partial charge in [-0.3, -0.25) is 9.69 Å². The van der Waals surface area contributed by atoms with Gasteiger partial charge in [-0.25, -0.2) is 9.28 Å². The van der Waals surface area contributed by atoms with Crippen molar-refractivity contribution >= 4 is 23.6 Å². The molecule has 6 heteroatoms. The van der Waals surface area contributed by atoms with Crippen molar-refractivity contribution in [3.8, 4) is 0 Å². The molecule has 1 aliphatic rings. The molecule has 1 fully saturated rings. The molecular weight excluding hydrogens is 262 g/mol. The maximum absolute atomic E-state index is 12.1. The lowest BCUT2D eigenvalue weighted by molar-refractivity contribution is -0.829. The zero-order valence-corrected chi connectivity index (χ0v) is 13.2. The van der Waals surface area contributed by atoms with Gasteiger partial charge in [0.1, 0.15) is 11.6 Å². The van der Waals surface area contributed by atoms with Gasteiger partial charge in [-0.2, -0.15) is 0 Å². The maximum Gasteiger partial charge on any atom is 0.325 e. The Morgan fingerprint density at radius 1 is 1.37 bits per heavy atom. The fourth-order valence-electron chi connectivity index (χ4n) is 2.64. The molecule has 5 nitrogen and oxygen atoms in total. The lowest BCUT2D eigenvalue weighted by Crippen LogP contribution is -2.57. The third kappa shape index (κ3) is 4.19. The molecule has 0 aliphatic carbocycles. The van der Waals surface area contributed by atoms with Crippen molar-refractivity contribution in [1.82, 2.24) is 4.90 Å². The Bertz CT molecular complexity index is 339. The second-order valence-electron chi connectivity index (χ2n) is 5.79. The van der Waals surface area contributed by atoms with Crippen LogP contribution in [0.3, 0.4) is 0 Å². The summed E-state index contributed by atoms with van der Waals surface area (Å²) in [7, 11) is 0. The van der Waals surface area contributed by atoms with Crippen molar-refractivity contribution in [1.29, 1.82) is 0 Å². The van der Waals surface area contributed by atoms with Crippen molar-refractivity contribution in [2.24, 2.45) is 5.73 Å². The molecule has 1 saturated heterocycles. The summed E-state index contributed by atoms with van der Waals surface area (Å²) >= 11 is 1.60. The number of carbonyl (C=O) groups excluding carboxylic acids is 2. The van der Waals surface area contributed by atoms with E-state index < -0.39 is 5.91 Å². The number of hydrogen-bond donors (Lipinski definition) is 1. The van der Waals surface area contributed by atoms with E-state index in [2.05, 4.69) is 32.6 Å². The van der Waals surface area contributed by atoms with E-state index in [1.165, 1.54) is 0 Å². The number of rotatable bonds is 7. The molecule has 0 radical (unpaired) electrons. The van der Waals surface area contributed by atoms with Gasteiger partial charge in [-0.05, 0) is 27.7 Å². The van der Waals surface area contributed by atoms with E-state index in [9.17, 15) is 9.59 Å². The highest BCUT2D eigenvalue weighted by molar-refractivity contribution is 8.00. The van der Waals surface area contributed by atoms with E-state index >= 15 is 0 Å². The minimum absolute atomic E-state index is 0.135. The molecule has 0 bridgehead atoms. The number of thioether (sulfide) groups is 1. The molecule has 1 aliphatic heterocycles. The fraction of sp³-hybridized carbons (Fsp3) is 0.846. The molecule has 1 rings (SSSR count). The Morgan fingerprint density at radius 2 is 1.95 bits per heavy atom. The van der Waals surface area contributed by atoms with E-state index in [-0.39, 0.29) is 16.9 Å². The first-order chi connectivity index (χ1) is 8.78. The number of amides is 2. The van der Waals surface area contributed by atoms with Crippen molar-refractivity contribution in [3.05, 3.63) is 0 Å². The first-order valence-corrected chi connectivity index (χ1v) is 7.95. The van der Waals surface area contributed by atoms with Gasteiger partial charge in [0, 0.05) is 18.6 Å². The highest BCUT2D eigenvalue weighted by Gasteiger charge is 2.43. The molecule has 19 heavy (non-hydrogen) atoms. The van der Waals surface area contributed by atoms with Crippen LogP contribution in [0.2, 0.25) is 0 Å². The zero-order chi connectivity index (χ0) is 14.6. The first kappa shape index (κ1) is 16.5. The number of primary amides is 1. The van der Waals surface area contributed by atoms with Crippen LogP contribution in [0, 0.1) is 0 Å². The molecule has 0 aromatic carbocycles. The monoisotopic (exact) mass is 288 g/mol. The average Bonchev–Trinajstić information content (AvgIpc) is 2.58. The summed E-state index contributed by atoms with van der Waals surface area (Å²) in [5, 5.41) is 0. The van der Waals surface area contributed by atoms with Crippen molar-refractivity contribution in [2.75, 3.05) is 31.3 Å². The Labute approximate surface area is 120 Å². The van der Waals surface area contributed by atoms with Crippen molar-refractivity contribution in [2.45, 2.75) is 39.8 Å². The van der Waals surface area contributed by atoms with E-state index in [0.29, 0.717) is 30.3 Å². The van der Waals surface area contributed by atoms with E-state index in [1.807, 2.05) is 0 Å². The van der Waals surface area contributed by atoms with Gasteiger partial charge in [0.2, 0.25) is 0 Å². The first-order valence-electron chi connectivity index (χ1n) is 6.80. The average molecular weight is 288 g/mol. The van der Waals surface area contributed by atoms with Crippen LogP contribution in [0.1, 0.15) is 27.7 Å². The SMILES string of the molecule is CC(C)N(CC[N+]1(CC(N)=O)CSCC1=O)C(C)C. The Morgan fingerprint density at radius 3 is 2.32 bits per heavy atom. The highest BCUT2D eigenvalue weighted by Crippen LogP contribution is 2.25. The van der Waals surface area contributed by atoms with Gasteiger partial charge in [-0.1, -0.05) is 11.8 Å². The second kappa shape index (κ2) is 6.72. The summed E-state index contributed by atoms with van der Waals surface area (Å²) < 4.78 is 0.218. The minimum atomic E-state index is -0.392. The summed E-state index contributed by atoms with van der Waals surface area (Å²) in [5.74, 6) is 0.912. The van der Waals surface area contributed by atoms with Crippen LogP contribution in [0.15, 0.2) is 0 Å². The number of nitrogens with zero attached hydrogens (tertiary/aromatic N) is 2. The molecule has 2 amide bonds. The largest absolute Gasteiger partial charge is 0.365 e. The summed E-state index contributed by atoms with van der Waals surface area (Å²) in [6.45, 7) is 10.2. The predicted molar refractivity (Wildman–Crippen MR) is 78.5 cm³/mol. The normalized spacial score (nSPS) is 23.8. The lowest BCUT2D eigenvalue weighted by atomic mass is 10.2. The number of quaternary nitrogens is 1. The van der Waals surface area contributed by atoms with Gasteiger partial charge in [0.05, 0.1) is 6.54 Å². The molecule has 0 aromatic heterocycles. The third-order valence-corrected chi connectivity index (χ3v) is 4.79. The highest BCUT2D eigenvalue weighted by atomic mass is 32.2. The number of hydrogen-bond acceptors (Lipinski definition) is 4. The van der Waals surface area contributed by atoms with Crippen LogP contribution in [0.5, 0.6) is 0 Å². The summed E-state index contributed by atoms with van der Waals surface area (Å²) in [4.78, 5) is 25.7. The molecule has 1 atom stereocenters. The molecule has 0 aromatic rings. The van der Waals surface area contributed by atoms with E-state index in [0.717, 1.165) is 6.54 Å². The predicted octanol–water partition coefficient (Wildman–Crippen LogP) is 0.638. The van der Waals surface area contributed by atoms with Crippen molar-refractivity contribution in [3.63, 3.8) is 0 Å². The van der Waals surface area contributed by atoms with Crippen LogP contribution in [-0.2, 0) is 9.59 Å². The molecule has 1 heterocycles. The van der Waals surface area contributed by atoms with Gasteiger partial charge >= 0.3 is 5.91 Å². The standard InChI is InChI=1S/C13H25N3O2S/c1-10(2)15(11(3)4)5-6-16(7-12(14)17)9-19-8-13(16)18/h10-11H,5-9H2,1-4H3,(H-,14,17)/p+1. The van der Waals surface area contributed by atoms with Crippen LogP contribution < -0.4 is 5.73 Å². The van der Waals surface area contributed by atoms with Crippen LogP contribution >= 0.6 is 11.8 Å². The van der Waals surface area contributed by atoms with Gasteiger partial charge in [-0.15, -0.1) is 0 Å². The number of carbonyl (C=O) groups is 2. The molecular formula is C13H26N3O2S+. The van der Waals surface area contributed by atoms with Gasteiger partial charge in [0.25, 0.3) is 5.91 Å². The van der Waals surface area contributed by atoms with E-state index in [1.54, 1.807) is 11.8 Å². The van der Waals surface area contributed by atoms with Gasteiger partial charge < -0.3 is 5.73 Å². The topological polar surface area (TPSA) is 63.4 Å². The molecule has 0 saturated carbocycles. The summed E-state index contributed by atoms with van der Waals surface area (Å²) in [6, 6.07) is 0.859. The lowest BCUT2D eigenvalue weighted by Gasteiger charge is -2.35.